The van der Waals surface area contributed by atoms with Crippen LogP contribution in [0.3, 0.4) is 0 Å². The smallest absolute Gasteiger partial charge is 0.239 e. The summed E-state index contributed by atoms with van der Waals surface area (Å²) in [5.41, 5.74) is 0. The van der Waals surface area contributed by atoms with E-state index in [1.807, 2.05) is 25.7 Å². The van der Waals surface area contributed by atoms with Gasteiger partial charge in [0.15, 0.2) is 5.79 Å². The van der Waals surface area contributed by atoms with E-state index in [0.29, 0.717) is 6.04 Å². The fourth-order valence-electron chi connectivity index (χ4n) is 3.24. The van der Waals surface area contributed by atoms with Crippen molar-refractivity contribution in [3.63, 3.8) is 0 Å². The molecule has 2 aliphatic rings. The second-order valence-corrected chi connectivity index (χ2v) is 5.78. The van der Waals surface area contributed by atoms with Crippen LogP contribution in [0, 0.1) is 0 Å². The van der Waals surface area contributed by atoms with Crippen LogP contribution in [0.4, 0.5) is 0 Å². The van der Waals surface area contributed by atoms with Crippen molar-refractivity contribution >= 4 is 5.91 Å². The summed E-state index contributed by atoms with van der Waals surface area (Å²) >= 11 is 0. The molecular weight excluding hydrogens is 256 g/mol. The molecule has 0 aromatic rings. The normalized spacial score (nSPS) is 23.9. The van der Waals surface area contributed by atoms with E-state index in [4.69, 9.17) is 9.47 Å². The van der Waals surface area contributed by atoms with E-state index < -0.39 is 0 Å². The van der Waals surface area contributed by atoms with Gasteiger partial charge in [-0.15, -0.1) is 0 Å². The van der Waals surface area contributed by atoms with E-state index in [0.717, 1.165) is 52.0 Å². The molecule has 5 nitrogen and oxygen atoms in total. The van der Waals surface area contributed by atoms with Crippen molar-refractivity contribution < 1.29 is 14.3 Å². The first kappa shape index (κ1) is 15.7. The van der Waals surface area contributed by atoms with E-state index in [1.54, 1.807) is 0 Å². The van der Waals surface area contributed by atoms with Gasteiger partial charge in [0.05, 0.1) is 19.3 Å². The molecule has 1 unspecified atom stereocenters. The average Bonchev–Trinajstić information content (AvgIpc) is 2.91. The fourth-order valence-corrected chi connectivity index (χ4v) is 3.24. The molecule has 20 heavy (non-hydrogen) atoms. The summed E-state index contributed by atoms with van der Waals surface area (Å²) in [6, 6.07) is 0.280. The molecule has 0 bridgehead atoms. The number of ether oxygens (including phenoxy) is 2. The van der Waals surface area contributed by atoms with Crippen molar-refractivity contribution in [1.82, 2.24) is 10.2 Å². The zero-order chi connectivity index (χ0) is 14.6. The third-order valence-corrected chi connectivity index (χ3v) is 4.49. The van der Waals surface area contributed by atoms with Crippen LogP contribution in [0.1, 0.15) is 46.5 Å². The molecule has 116 valence electrons. The number of hydrogen-bond acceptors (Lipinski definition) is 4. The van der Waals surface area contributed by atoms with Crippen LogP contribution in [-0.2, 0) is 14.3 Å². The van der Waals surface area contributed by atoms with Crippen molar-refractivity contribution in [2.75, 3.05) is 26.3 Å². The SMILES string of the molecule is CCN(CC)C(=O)C(C)NC1CCC2(CC1)OCCO2. The van der Waals surface area contributed by atoms with Crippen molar-refractivity contribution in [2.45, 2.75) is 64.3 Å². The van der Waals surface area contributed by atoms with Gasteiger partial charge in [0.25, 0.3) is 0 Å². The topological polar surface area (TPSA) is 50.8 Å². The predicted molar refractivity (Wildman–Crippen MR) is 77.4 cm³/mol. The summed E-state index contributed by atoms with van der Waals surface area (Å²) in [4.78, 5) is 14.1. The second-order valence-electron chi connectivity index (χ2n) is 5.78. The van der Waals surface area contributed by atoms with E-state index >= 15 is 0 Å². The van der Waals surface area contributed by atoms with Gasteiger partial charge in [0.1, 0.15) is 0 Å². The van der Waals surface area contributed by atoms with Gasteiger partial charge < -0.3 is 19.7 Å². The number of rotatable bonds is 5. The molecule has 1 N–H and O–H groups in total. The minimum absolute atomic E-state index is 0.112. The summed E-state index contributed by atoms with van der Waals surface area (Å²) in [6.45, 7) is 8.99. The highest BCUT2D eigenvalue weighted by molar-refractivity contribution is 5.81. The summed E-state index contributed by atoms with van der Waals surface area (Å²) in [7, 11) is 0. The molecule has 0 aromatic carbocycles. The fraction of sp³-hybridized carbons (Fsp3) is 0.933. The largest absolute Gasteiger partial charge is 0.348 e. The molecule has 1 saturated carbocycles. The molecule has 1 heterocycles. The van der Waals surface area contributed by atoms with E-state index in [9.17, 15) is 4.79 Å². The van der Waals surface area contributed by atoms with Crippen LogP contribution in [0.15, 0.2) is 0 Å². The van der Waals surface area contributed by atoms with E-state index in [-0.39, 0.29) is 17.7 Å². The molecule has 1 atom stereocenters. The highest BCUT2D eigenvalue weighted by Crippen LogP contribution is 2.35. The molecule has 1 amide bonds. The van der Waals surface area contributed by atoms with Gasteiger partial charge in [-0.3, -0.25) is 4.79 Å². The van der Waals surface area contributed by atoms with Crippen molar-refractivity contribution in [2.24, 2.45) is 0 Å². The van der Waals surface area contributed by atoms with Crippen molar-refractivity contribution in [3.05, 3.63) is 0 Å². The lowest BCUT2D eigenvalue weighted by Crippen LogP contribution is -2.50. The standard InChI is InChI=1S/C15H28N2O3/c1-4-17(5-2)14(18)12(3)16-13-6-8-15(9-7-13)19-10-11-20-15/h12-13,16H,4-11H2,1-3H3. The Morgan fingerprint density at radius 1 is 1.25 bits per heavy atom. The van der Waals surface area contributed by atoms with Crippen LogP contribution < -0.4 is 5.32 Å². The summed E-state index contributed by atoms with van der Waals surface area (Å²) in [6.07, 6.45) is 3.87. The van der Waals surface area contributed by atoms with Crippen LogP contribution >= 0.6 is 0 Å². The van der Waals surface area contributed by atoms with Crippen LogP contribution in [0.5, 0.6) is 0 Å². The highest BCUT2D eigenvalue weighted by Gasteiger charge is 2.40. The molecule has 5 heteroatoms. The molecule has 2 fully saturated rings. The number of carbonyl (C=O) groups excluding carboxylic acids is 1. The zero-order valence-corrected chi connectivity index (χ0v) is 13.0. The Hall–Kier alpha value is -0.650. The maximum atomic E-state index is 12.2. The van der Waals surface area contributed by atoms with Crippen LogP contribution in [0.2, 0.25) is 0 Å². The highest BCUT2D eigenvalue weighted by atomic mass is 16.7. The van der Waals surface area contributed by atoms with Gasteiger partial charge in [-0.2, -0.15) is 0 Å². The van der Waals surface area contributed by atoms with Gasteiger partial charge in [-0.05, 0) is 33.6 Å². The van der Waals surface area contributed by atoms with Gasteiger partial charge in [-0.25, -0.2) is 0 Å². The minimum atomic E-state index is -0.315. The molecule has 0 aromatic heterocycles. The number of nitrogens with zero attached hydrogens (tertiary/aromatic N) is 1. The van der Waals surface area contributed by atoms with Crippen LogP contribution in [0.25, 0.3) is 0 Å². The quantitative estimate of drug-likeness (QED) is 0.831. The Bertz CT molecular complexity index is 315. The van der Waals surface area contributed by atoms with Crippen molar-refractivity contribution in [1.29, 1.82) is 0 Å². The van der Waals surface area contributed by atoms with Crippen molar-refractivity contribution in [3.8, 4) is 0 Å². The Kier molecular flexibility index (Phi) is 5.41. The third kappa shape index (κ3) is 3.51. The zero-order valence-electron chi connectivity index (χ0n) is 13.0. The minimum Gasteiger partial charge on any atom is -0.348 e. The molecule has 0 radical (unpaired) electrons. The Labute approximate surface area is 122 Å². The van der Waals surface area contributed by atoms with Crippen LogP contribution in [-0.4, -0.2) is 55.0 Å². The summed E-state index contributed by atoms with van der Waals surface area (Å²) in [5.74, 6) is -0.117. The number of nitrogens with one attached hydrogen (secondary N) is 1. The summed E-state index contributed by atoms with van der Waals surface area (Å²) < 4.78 is 11.5. The number of hydrogen-bond donors (Lipinski definition) is 1. The third-order valence-electron chi connectivity index (χ3n) is 4.49. The number of carbonyl (C=O) groups is 1. The molecule has 1 aliphatic heterocycles. The lowest BCUT2D eigenvalue weighted by atomic mass is 9.89. The molecular formula is C15H28N2O3. The van der Waals surface area contributed by atoms with Gasteiger partial charge in [0, 0.05) is 32.0 Å². The van der Waals surface area contributed by atoms with Gasteiger partial charge in [-0.1, -0.05) is 0 Å². The molecule has 1 aliphatic carbocycles. The number of likely N-dealkylation sites (N-methyl/N-ethyl adjacent to an activating group) is 1. The maximum Gasteiger partial charge on any atom is 0.239 e. The molecule has 2 rings (SSSR count). The monoisotopic (exact) mass is 284 g/mol. The molecule has 1 saturated heterocycles. The summed E-state index contributed by atoms with van der Waals surface area (Å²) in [5, 5.41) is 3.47. The predicted octanol–water partition coefficient (Wildman–Crippen LogP) is 1.52. The average molecular weight is 284 g/mol. The Balaban J connectivity index is 1.78. The first-order valence-electron chi connectivity index (χ1n) is 7.93. The lowest BCUT2D eigenvalue weighted by molar-refractivity contribution is -0.179. The number of amides is 1. The Morgan fingerprint density at radius 2 is 1.80 bits per heavy atom. The maximum absolute atomic E-state index is 12.2. The van der Waals surface area contributed by atoms with Gasteiger partial charge in [0.2, 0.25) is 5.91 Å². The Morgan fingerprint density at radius 3 is 2.30 bits per heavy atom. The first-order chi connectivity index (χ1) is 9.60. The van der Waals surface area contributed by atoms with Gasteiger partial charge >= 0.3 is 0 Å². The lowest BCUT2D eigenvalue weighted by Gasteiger charge is -2.37. The molecule has 1 spiro atoms. The van der Waals surface area contributed by atoms with E-state index in [2.05, 4.69) is 5.32 Å². The second kappa shape index (κ2) is 6.87. The first-order valence-corrected chi connectivity index (χ1v) is 7.93. The van der Waals surface area contributed by atoms with E-state index in [1.165, 1.54) is 0 Å².